The quantitative estimate of drug-likeness (QED) is 0.346. The van der Waals surface area contributed by atoms with Gasteiger partial charge in [0.1, 0.15) is 5.84 Å². The molecule has 0 unspecified atom stereocenters. The lowest BCUT2D eigenvalue weighted by Crippen LogP contribution is -2.22. The van der Waals surface area contributed by atoms with Crippen LogP contribution in [-0.2, 0) is 0 Å². The summed E-state index contributed by atoms with van der Waals surface area (Å²) in [5.74, 6) is -0.585. The maximum atomic E-state index is 11.5. The third kappa shape index (κ3) is 3.57. The number of nitrogens with one attached hydrogen (secondary N) is 1. The molecular weight excluding hydrogens is 238 g/mol. The summed E-state index contributed by atoms with van der Waals surface area (Å²) in [5, 5.41) is 22.2. The van der Waals surface area contributed by atoms with Gasteiger partial charge in [-0.2, -0.15) is 10.4 Å². The molecular formula is C10H9N5O3. The maximum absolute atomic E-state index is 11.5. The number of nitro groups is 1. The smallest absolute Gasteiger partial charge is 0.271 e. The Morgan fingerprint density at radius 3 is 2.61 bits per heavy atom. The minimum Gasteiger partial charge on any atom is -0.385 e. The number of amidine groups is 1. The third-order valence-corrected chi connectivity index (χ3v) is 1.90. The molecule has 92 valence electrons. The van der Waals surface area contributed by atoms with Crippen molar-refractivity contribution < 1.29 is 9.72 Å². The van der Waals surface area contributed by atoms with Crippen molar-refractivity contribution in [2.24, 2.45) is 10.8 Å². The van der Waals surface area contributed by atoms with Gasteiger partial charge in [-0.3, -0.25) is 14.9 Å². The second-order valence-corrected chi connectivity index (χ2v) is 3.18. The number of hydrazone groups is 1. The number of nitrogens with zero attached hydrogens (tertiary/aromatic N) is 3. The topological polar surface area (TPSA) is 134 Å². The van der Waals surface area contributed by atoms with E-state index in [1.54, 1.807) is 6.07 Å². The standard InChI is InChI=1S/C10H9N5O3/c11-6-5-9(12)13-14-10(16)7-1-3-8(4-2-7)15(17)18/h1-4H,5H2,(H2,12,13)(H,14,16). The van der Waals surface area contributed by atoms with E-state index in [-0.39, 0.29) is 23.5 Å². The summed E-state index contributed by atoms with van der Waals surface area (Å²) in [7, 11) is 0. The molecule has 8 heteroatoms. The van der Waals surface area contributed by atoms with Crippen LogP contribution in [0.3, 0.4) is 0 Å². The summed E-state index contributed by atoms with van der Waals surface area (Å²) in [5.41, 5.74) is 7.52. The van der Waals surface area contributed by atoms with E-state index in [0.29, 0.717) is 0 Å². The van der Waals surface area contributed by atoms with Crippen molar-refractivity contribution in [2.75, 3.05) is 0 Å². The number of nitro benzene ring substituents is 1. The number of carbonyl (C=O) groups is 1. The van der Waals surface area contributed by atoms with Gasteiger partial charge in [-0.1, -0.05) is 0 Å². The molecule has 18 heavy (non-hydrogen) atoms. The molecule has 0 aromatic heterocycles. The number of carbonyl (C=O) groups excluding carboxylic acids is 1. The van der Waals surface area contributed by atoms with E-state index in [0.717, 1.165) is 0 Å². The molecule has 0 spiro atoms. The van der Waals surface area contributed by atoms with Gasteiger partial charge in [0.05, 0.1) is 17.4 Å². The fraction of sp³-hybridized carbons (Fsp3) is 0.100. The van der Waals surface area contributed by atoms with Gasteiger partial charge in [-0.25, -0.2) is 5.43 Å². The van der Waals surface area contributed by atoms with Crippen molar-refractivity contribution in [2.45, 2.75) is 6.42 Å². The Labute approximate surface area is 102 Å². The molecule has 0 fully saturated rings. The third-order valence-electron chi connectivity index (χ3n) is 1.90. The van der Waals surface area contributed by atoms with Gasteiger partial charge >= 0.3 is 0 Å². The van der Waals surface area contributed by atoms with Crippen LogP contribution in [0.2, 0.25) is 0 Å². The van der Waals surface area contributed by atoms with Gasteiger partial charge in [0.25, 0.3) is 11.6 Å². The zero-order valence-electron chi connectivity index (χ0n) is 9.16. The number of non-ortho nitro benzene ring substituents is 1. The predicted molar refractivity (Wildman–Crippen MR) is 62.4 cm³/mol. The molecule has 0 aliphatic rings. The Bertz CT molecular complexity index is 529. The minimum atomic E-state index is -0.565. The lowest BCUT2D eigenvalue weighted by molar-refractivity contribution is -0.384. The highest BCUT2D eigenvalue weighted by molar-refractivity contribution is 5.95. The van der Waals surface area contributed by atoms with Crippen molar-refractivity contribution in [3.8, 4) is 6.07 Å². The Balaban J connectivity index is 2.71. The number of amides is 1. The first kappa shape index (κ1) is 13.1. The molecule has 0 bridgehead atoms. The molecule has 0 atom stereocenters. The average Bonchev–Trinajstić information content (AvgIpc) is 2.36. The van der Waals surface area contributed by atoms with Crippen LogP contribution in [0.25, 0.3) is 0 Å². The first-order valence-electron chi connectivity index (χ1n) is 4.78. The zero-order valence-corrected chi connectivity index (χ0v) is 9.16. The number of hydrogen-bond donors (Lipinski definition) is 2. The van der Waals surface area contributed by atoms with E-state index >= 15 is 0 Å². The van der Waals surface area contributed by atoms with Crippen LogP contribution in [0, 0.1) is 21.4 Å². The van der Waals surface area contributed by atoms with Gasteiger partial charge in [-0.15, -0.1) is 0 Å². The Morgan fingerprint density at radius 2 is 2.11 bits per heavy atom. The minimum absolute atomic E-state index is 0.0206. The summed E-state index contributed by atoms with van der Waals surface area (Å²) in [6, 6.07) is 6.77. The highest BCUT2D eigenvalue weighted by Crippen LogP contribution is 2.11. The molecule has 0 saturated carbocycles. The van der Waals surface area contributed by atoms with Crippen LogP contribution >= 0.6 is 0 Å². The summed E-state index contributed by atoms with van der Waals surface area (Å²) < 4.78 is 0. The summed E-state index contributed by atoms with van der Waals surface area (Å²) >= 11 is 0. The summed E-state index contributed by atoms with van der Waals surface area (Å²) in [4.78, 5) is 21.3. The van der Waals surface area contributed by atoms with Crippen LogP contribution in [0.1, 0.15) is 16.8 Å². The lowest BCUT2D eigenvalue weighted by Gasteiger charge is -2.00. The predicted octanol–water partition coefficient (Wildman–Crippen LogP) is 0.510. The highest BCUT2D eigenvalue weighted by atomic mass is 16.6. The van der Waals surface area contributed by atoms with E-state index < -0.39 is 10.8 Å². The second kappa shape index (κ2) is 5.95. The van der Waals surface area contributed by atoms with Crippen LogP contribution < -0.4 is 11.2 Å². The van der Waals surface area contributed by atoms with E-state index in [9.17, 15) is 14.9 Å². The van der Waals surface area contributed by atoms with Crippen molar-refractivity contribution in [3.05, 3.63) is 39.9 Å². The average molecular weight is 247 g/mol. The molecule has 1 amide bonds. The Kier molecular flexibility index (Phi) is 4.34. The Morgan fingerprint density at radius 1 is 1.50 bits per heavy atom. The number of hydrogen-bond acceptors (Lipinski definition) is 5. The van der Waals surface area contributed by atoms with Gasteiger partial charge in [0.15, 0.2) is 0 Å². The molecule has 3 N–H and O–H groups in total. The van der Waals surface area contributed by atoms with Gasteiger partial charge < -0.3 is 5.73 Å². The van der Waals surface area contributed by atoms with E-state index in [1.165, 1.54) is 24.3 Å². The molecule has 0 radical (unpaired) electrons. The van der Waals surface area contributed by atoms with Crippen molar-refractivity contribution in [3.63, 3.8) is 0 Å². The SMILES string of the molecule is N#CC/C(N)=N\NC(=O)c1ccc([N+](=O)[O-])cc1. The molecule has 1 rings (SSSR count). The van der Waals surface area contributed by atoms with Gasteiger partial charge in [0, 0.05) is 17.7 Å². The van der Waals surface area contributed by atoms with Crippen molar-refractivity contribution in [1.82, 2.24) is 5.43 Å². The first-order valence-corrected chi connectivity index (χ1v) is 4.78. The largest absolute Gasteiger partial charge is 0.385 e. The second-order valence-electron chi connectivity index (χ2n) is 3.18. The molecule has 0 aliphatic heterocycles. The molecule has 1 aromatic rings. The van der Waals surface area contributed by atoms with E-state index in [4.69, 9.17) is 11.0 Å². The molecule has 0 heterocycles. The zero-order chi connectivity index (χ0) is 13.5. The highest BCUT2D eigenvalue weighted by Gasteiger charge is 2.08. The van der Waals surface area contributed by atoms with Crippen LogP contribution in [-0.4, -0.2) is 16.7 Å². The van der Waals surface area contributed by atoms with Crippen LogP contribution in [0.5, 0.6) is 0 Å². The number of rotatable bonds is 4. The van der Waals surface area contributed by atoms with Crippen LogP contribution in [0.4, 0.5) is 5.69 Å². The summed E-state index contributed by atoms with van der Waals surface area (Å²) in [6.45, 7) is 0. The molecule has 1 aromatic carbocycles. The number of nitriles is 1. The van der Waals surface area contributed by atoms with E-state index in [1.807, 2.05) is 0 Å². The normalized spacial score (nSPS) is 10.5. The first-order chi connectivity index (χ1) is 8.54. The Hall–Kier alpha value is -2.95. The molecule has 8 nitrogen and oxygen atoms in total. The monoisotopic (exact) mass is 247 g/mol. The number of benzene rings is 1. The molecule has 0 aliphatic carbocycles. The van der Waals surface area contributed by atoms with Gasteiger partial charge in [-0.05, 0) is 12.1 Å². The van der Waals surface area contributed by atoms with Crippen molar-refractivity contribution in [1.29, 1.82) is 5.26 Å². The molecule has 0 saturated heterocycles. The summed E-state index contributed by atoms with van der Waals surface area (Å²) in [6.07, 6.45) is -0.0967. The lowest BCUT2D eigenvalue weighted by atomic mass is 10.2. The maximum Gasteiger partial charge on any atom is 0.271 e. The van der Waals surface area contributed by atoms with E-state index in [2.05, 4.69) is 10.5 Å². The van der Waals surface area contributed by atoms with Crippen molar-refractivity contribution >= 4 is 17.4 Å². The number of nitrogens with two attached hydrogens (primary N) is 1. The van der Waals surface area contributed by atoms with Gasteiger partial charge in [0.2, 0.25) is 0 Å². The fourth-order valence-electron chi connectivity index (χ4n) is 1.04. The fourth-order valence-corrected chi connectivity index (χ4v) is 1.04. The van der Waals surface area contributed by atoms with Crippen LogP contribution in [0.15, 0.2) is 29.4 Å².